The highest BCUT2D eigenvalue weighted by Crippen LogP contribution is 2.27. The van der Waals surface area contributed by atoms with Crippen molar-refractivity contribution in [2.24, 2.45) is 0 Å². The molecule has 0 aromatic heterocycles. The minimum Gasteiger partial charge on any atom is -0.394 e. The Bertz CT molecular complexity index is 562. The molecule has 0 aliphatic heterocycles. The first-order chi connectivity index (χ1) is 9.10. The molecule has 0 aliphatic rings. The highest BCUT2D eigenvalue weighted by atomic mass is 79.9. The molecule has 0 aliphatic carbocycles. The number of rotatable bonds is 4. The summed E-state index contributed by atoms with van der Waals surface area (Å²) in [5, 5.41) is 13.2. The van der Waals surface area contributed by atoms with Crippen LogP contribution in [0.3, 0.4) is 0 Å². The lowest BCUT2D eigenvalue weighted by atomic mass is 10.1. The zero-order valence-corrected chi connectivity index (χ0v) is 12.2. The van der Waals surface area contributed by atoms with Crippen LogP contribution >= 0.6 is 27.5 Å². The summed E-state index contributed by atoms with van der Waals surface area (Å²) in [4.78, 5) is 0. The second-order valence-corrected chi connectivity index (χ2v) is 5.32. The average molecular weight is 345 g/mol. The van der Waals surface area contributed by atoms with Crippen LogP contribution in [0.1, 0.15) is 11.6 Å². The molecule has 19 heavy (non-hydrogen) atoms. The highest BCUT2D eigenvalue weighted by molar-refractivity contribution is 9.10. The molecule has 5 heteroatoms. The Kier molecular flexibility index (Phi) is 4.80. The smallest absolute Gasteiger partial charge is 0.123 e. The lowest BCUT2D eigenvalue weighted by Crippen LogP contribution is -2.14. The summed E-state index contributed by atoms with van der Waals surface area (Å²) in [5.74, 6) is -0.297. The van der Waals surface area contributed by atoms with E-state index in [1.807, 2.05) is 12.1 Å². The maximum atomic E-state index is 12.9. The number of benzene rings is 2. The molecule has 2 rings (SSSR count). The Morgan fingerprint density at radius 1 is 1.21 bits per heavy atom. The zero-order chi connectivity index (χ0) is 13.8. The van der Waals surface area contributed by atoms with Crippen LogP contribution in [0.15, 0.2) is 46.9 Å². The van der Waals surface area contributed by atoms with E-state index in [0.717, 1.165) is 15.7 Å². The predicted octanol–water partition coefficient (Wildman–Crippen LogP) is 4.39. The first-order valence-electron chi connectivity index (χ1n) is 5.68. The summed E-state index contributed by atoms with van der Waals surface area (Å²) < 4.78 is 13.6. The van der Waals surface area contributed by atoms with Gasteiger partial charge in [-0.15, -0.1) is 0 Å². The van der Waals surface area contributed by atoms with E-state index in [1.54, 1.807) is 18.2 Å². The van der Waals surface area contributed by atoms with Gasteiger partial charge < -0.3 is 10.4 Å². The summed E-state index contributed by atoms with van der Waals surface area (Å²) in [6.45, 7) is -0.0914. The Balaban J connectivity index is 2.18. The molecule has 0 saturated carbocycles. The van der Waals surface area contributed by atoms with Crippen LogP contribution < -0.4 is 5.32 Å². The molecule has 1 atom stereocenters. The Morgan fingerprint density at radius 2 is 1.89 bits per heavy atom. The maximum Gasteiger partial charge on any atom is 0.123 e. The van der Waals surface area contributed by atoms with Gasteiger partial charge in [0.25, 0.3) is 0 Å². The van der Waals surface area contributed by atoms with Crippen molar-refractivity contribution < 1.29 is 9.50 Å². The quantitative estimate of drug-likeness (QED) is 0.862. The summed E-state index contributed by atoms with van der Waals surface area (Å²) in [6.07, 6.45) is 0. The van der Waals surface area contributed by atoms with Crippen molar-refractivity contribution in [1.29, 1.82) is 0 Å². The lowest BCUT2D eigenvalue weighted by Gasteiger charge is -2.18. The van der Waals surface area contributed by atoms with Gasteiger partial charge >= 0.3 is 0 Å². The van der Waals surface area contributed by atoms with Crippen LogP contribution in [0.4, 0.5) is 10.1 Å². The molecule has 0 saturated heterocycles. The molecule has 0 heterocycles. The number of nitrogens with one attached hydrogen (secondary N) is 1. The predicted molar refractivity (Wildman–Crippen MR) is 79.0 cm³/mol. The summed E-state index contributed by atoms with van der Waals surface area (Å²) in [6, 6.07) is 11.1. The SMILES string of the molecule is OCC(Nc1ccc(Cl)c(Br)c1)c1ccc(F)cc1. The van der Waals surface area contributed by atoms with E-state index in [2.05, 4.69) is 21.2 Å². The van der Waals surface area contributed by atoms with Gasteiger partial charge in [-0.25, -0.2) is 4.39 Å². The van der Waals surface area contributed by atoms with Crippen molar-refractivity contribution in [3.05, 3.63) is 63.3 Å². The number of aliphatic hydroxyl groups is 1. The third kappa shape index (κ3) is 3.69. The highest BCUT2D eigenvalue weighted by Gasteiger charge is 2.11. The molecule has 0 bridgehead atoms. The Labute approximate surface area is 124 Å². The maximum absolute atomic E-state index is 12.9. The van der Waals surface area contributed by atoms with Gasteiger partial charge in [0.2, 0.25) is 0 Å². The third-order valence-electron chi connectivity index (χ3n) is 2.72. The largest absolute Gasteiger partial charge is 0.394 e. The van der Waals surface area contributed by atoms with Crippen LogP contribution in [0.25, 0.3) is 0 Å². The summed E-state index contributed by atoms with van der Waals surface area (Å²) >= 11 is 9.26. The monoisotopic (exact) mass is 343 g/mol. The molecular formula is C14H12BrClFNO. The van der Waals surface area contributed by atoms with Gasteiger partial charge in [-0.2, -0.15) is 0 Å². The molecular weight excluding hydrogens is 333 g/mol. The van der Waals surface area contributed by atoms with E-state index in [0.29, 0.717) is 5.02 Å². The number of halogens is 3. The molecule has 100 valence electrons. The number of hydrogen-bond acceptors (Lipinski definition) is 2. The van der Waals surface area contributed by atoms with E-state index < -0.39 is 0 Å². The third-order valence-corrected chi connectivity index (χ3v) is 3.93. The molecule has 2 aromatic carbocycles. The van der Waals surface area contributed by atoms with Gasteiger partial charge in [-0.1, -0.05) is 23.7 Å². The van der Waals surface area contributed by atoms with Crippen molar-refractivity contribution in [2.45, 2.75) is 6.04 Å². The number of aliphatic hydroxyl groups excluding tert-OH is 1. The van der Waals surface area contributed by atoms with Crippen molar-refractivity contribution in [2.75, 3.05) is 11.9 Å². The molecule has 0 amide bonds. The van der Waals surface area contributed by atoms with Crippen LogP contribution in [0.2, 0.25) is 5.02 Å². The van der Waals surface area contributed by atoms with E-state index in [4.69, 9.17) is 11.6 Å². The second kappa shape index (κ2) is 6.37. The van der Waals surface area contributed by atoms with Crippen molar-refractivity contribution in [3.63, 3.8) is 0 Å². The van der Waals surface area contributed by atoms with E-state index >= 15 is 0 Å². The standard InChI is InChI=1S/C14H12BrClFNO/c15-12-7-11(5-6-13(12)16)18-14(8-19)9-1-3-10(17)4-2-9/h1-7,14,18-19H,8H2. The topological polar surface area (TPSA) is 32.3 Å². The van der Waals surface area contributed by atoms with E-state index in [-0.39, 0.29) is 18.5 Å². The van der Waals surface area contributed by atoms with Gasteiger partial charge in [0.15, 0.2) is 0 Å². The van der Waals surface area contributed by atoms with Crippen LogP contribution in [0.5, 0.6) is 0 Å². The molecule has 2 N–H and O–H groups in total. The summed E-state index contributed by atoms with van der Waals surface area (Å²) in [5.41, 5.74) is 1.63. The normalized spacial score (nSPS) is 12.2. The fraction of sp³-hybridized carbons (Fsp3) is 0.143. The lowest BCUT2D eigenvalue weighted by molar-refractivity contribution is 0.276. The molecule has 1 unspecified atom stereocenters. The Hall–Kier alpha value is -1.10. The van der Waals surface area contributed by atoms with Gasteiger partial charge in [0.1, 0.15) is 5.82 Å². The van der Waals surface area contributed by atoms with E-state index in [1.165, 1.54) is 12.1 Å². The first kappa shape index (κ1) is 14.3. The van der Waals surface area contributed by atoms with Crippen LogP contribution in [-0.2, 0) is 0 Å². The average Bonchev–Trinajstić information content (AvgIpc) is 2.41. The van der Waals surface area contributed by atoms with Gasteiger partial charge in [-0.05, 0) is 51.8 Å². The second-order valence-electron chi connectivity index (χ2n) is 4.06. The van der Waals surface area contributed by atoms with Gasteiger partial charge in [0, 0.05) is 10.2 Å². The van der Waals surface area contributed by atoms with Crippen molar-refractivity contribution in [1.82, 2.24) is 0 Å². The van der Waals surface area contributed by atoms with E-state index in [9.17, 15) is 9.50 Å². The summed E-state index contributed by atoms with van der Waals surface area (Å²) in [7, 11) is 0. The Morgan fingerprint density at radius 3 is 2.47 bits per heavy atom. The number of hydrogen-bond donors (Lipinski definition) is 2. The fourth-order valence-electron chi connectivity index (χ4n) is 1.72. The fourth-order valence-corrected chi connectivity index (χ4v) is 2.21. The first-order valence-corrected chi connectivity index (χ1v) is 6.85. The molecule has 2 aromatic rings. The van der Waals surface area contributed by atoms with Crippen molar-refractivity contribution in [3.8, 4) is 0 Å². The van der Waals surface area contributed by atoms with Crippen molar-refractivity contribution >= 4 is 33.2 Å². The van der Waals surface area contributed by atoms with Gasteiger partial charge in [-0.3, -0.25) is 0 Å². The minimum atomic E-state index is -0.298. The van der Waals surface area contributed by atoms with Crippen LogP contribution in [-0.4, -0.2) is 11.7 Å². The molecule has 0 radical (unpaired) electrons. The van der Waals surface area contributed by atoms with Gasteiger partial charge in [0.05, 0.1) is 17.7 Å². The molecule has 0 fully saturated rings. The molecule has 2 nitrogen and oxygen atoms in total. The minimum absolute atomic E-state index is 0.0914. The molecule has 0 spiro atoms. The zero-order valence-electron chi connectivity index (χ0n) is 9.91. The number of anilines is 1. The van der Waals surface area contributed by atoms with Crippen LogP contribution in [0, 0.1) is 5.82 Å².